The van der Waals surface area contributed by atoms with E-state index in [0.29, 0.717) is 28.0 Å². The van der Waals surface area contributed by atoms with Crippen LogP contribution in [0.15, 0.2) is 48.5 Å². The summed E-state index contributed by atoms with van der Waals surface area (Å²) < 4.78 is 10.4. The van der Waals surface area contributed by atoms with Crippen molar-refractivity contribution in [3.05, 3.63) is 64.8 Å². The first-order valence-corrected chi connectivity index (χ1v) is 8.79. The van der Waals surface area contributed by atoms with Gasteiger partial charge in [-0.05, 0) is 48.9 Å². The Labute approximate surface area is 167 Å². The van der Waals surface area contributed by atoms with Gasteiger partial charge < -0.3 is 20.1 Å². The average Bonchev–Trinajstić information content (AvgIpc) is 2.71. The molecule has 1 heterocycles. The first-order valence-electron chi connectivity index (χ1n) is 8.41. The Bertz CT molecular complexity index is 993. The normalized spacial score (nSPS) is 10.3. The van der Waals surface area contributed by atoms with E-state index in [1.165, 1.54) is 7.11 Å². The summed E-state index contributed by atoms with van der Waals surface area (Å²) in [6, 6.07) is 13.9. The van der Waals surface area contributed by atoms with Crippen LogP contribution < -0.4 is 20.1 Å². The number of ether oxygens (including phenoxy) is 2. The van der Waals surface area contributed by atoms with E-state index in [9.17, 15) is 4.79 Å². The summed E-state index contributed by atoms with van der Waals surface area (Å²) in [4.78, 5) is 12.4. The molecule has 0 saturated carbocycles. The Balaban J connectivity index is 1.71. The number of amides is 1. The van der Waals surface area contributed by atoms with Crippen LogP contribution in [0.2, 0.25) is 5.02 Å². The lowest BCUT2D eigenvalue weighted by atomic mass is 10.2. The van der Waals surface area contributed by atoms with Gasteiger partial charge in [0.25, 0.3) is 5.91 Å². The maximum Gasteiger partial charge on any atom is 0.276 e. The molecule has 0 aliphatic carbocycles. The topological polar surface area (TPSA) is 85.4 Å². The van der Waals surface area contributed by atoms with Crippen LogP contribution in [-0.2, 0) is 0 Å². The SMILES string of the molecule is COc1ccc(NC(=O)c2ccc(Nc3cccc(Cl)c3C)nn2)cc1OC. The summed E-state index contributed by atoms with van der Waals surface area (Å²) in [5, 5.41) is 14.6. The Kier molecular flexibility index (Phi) is 5.96. The highest BCUT2D eigenvalue weighted by molar-refractivity contribution is 6.31. The summed E-state index contributed by atoms with van der Waals surface area (Å²) >= 11 is 6.12. The molecule has 7 nitrogen and oxygen atoms in total. The number of anilines is 3. The van der Waals surface area contributed by atoms with Gasteiger partial charge in [-0.3, -0.25) is 4.79 Å². The number of methoxy groups -OCH3 is 2. The summed E-state index contributed by atoms with van der Waals surface area (Å²) in [6.07, 6.45) is 0. The second kappa shape index (κ2) is 8.58. The van der Waals surface area contributed by atoms with Crippen LogP contribution in [0.1, 0.15) is 16.1 Å². The van der Waals surface area contributed by atoms with Crippen molar-refractivity contribution >= 4 is 34.7 Å². The molecule has 2 aromatic carbocycles. The Morgan fingerprint density at radius 1 is 1.00 bits per heavy atom. The molecular weight excluding hydrogens is 380 g/mol. The molecular formula is C20H19ClN4O3. The van der Waals surface area contributed by atoms with E-state index in [1.807, 2.05) is 25.1 Å². The molecule has 0 bridgehead atoms. The highest BCUT2D eigenvalue weighted by Crippen LogP contribution is 2.30. The van der Waals surface area contributed by atoms with Gasteiger partial charge in [0.1, 0.15) is 0 Å². The molecule has 1 aromatic heterocycles. The van der Waals surface area contributed by atoms with Gasteiger partial charge in [-0.25, -0.2) is 0 Å². The van der Waals surface area contributed by atoms with Crippen LogP contribution in [0, 0.1) is 6.92 Å². The van der Waals surface area contributed by atoms with Crippen LogP contribution in [0.5, 0.6) is 11.5 Å². The molecule has 3 rings (SSSR count). The number of aromatic nitrogens is 2. The standard InChI is InChI=1S/C20H19ClN4O3/c1-12-14(21)5-4-6-15(12)23-19-10-8-16(24-25-19)20(26)22-13-7-9-17(27-2)18(11-13)28-3/h4-11H,1-3H3,(H,22,26)(H,23,25). The fraction of sp³-hybridized carbons (Fsp3) is 0.150. The molecule has 0 aliphatic heterocycles. The fourth-order valence-electron chi connectivity index (χ4n) is 2.51. The lowest BCUT2D eigenvalue weighted by molar-refractivity contribution is 0.102. The largest absolute Gasteiger partial charge is 0.493 e. The first-order chi connectivity index (χ1) is 13.5. The zero-order valence-electron chi connectivity index (χ0n) is 15.6. The molecule has 0 atom stereocenters. The quantitative estimate of drug-likeness (QED) is 0.638. The highest BCUT2D eigenvalue weighted by atomic mass is 35.5. The van der Waals surface area contributed by atoms with E-state index >= 15 is 0 Å². The third-order valence-corrected chi connectivity index (χ3v) is 4.48. The third kappa shape index (κ3) is 4.32. The second-order valence-electron chi connectivity index (χ2n) is 5.87. The van der Waals surface area contributed by atoms with Gasteiger partial charge in [0.05, 0.1) is 14.2 Å². The van der Waals surface area contributed by atoms with E-state index in [4.69, 9.17) is 21.1 Å². The third-order valence-electron chi connectivity index (χ3n) is 4.07. The van der Waals surface area contributed by atoms with Crippen molar-refractivity contribution in [2.45, 2.75) is 6.92 Å². The van der Waals surface area contributed by atoms with Gasteiger partial charge in [0.15, 0.2) is 23.0 Å². The number of hydrogen-bond acceptors (Lipinski definition) is 6. The van der Waals surface area contributed by atoms with Crippen LogP contribution in [-0.4, -0.2) is 30.3 Å². The number of halogens is 1. The number of benzene rings is 2. The minimum atomic E-state index is -0.384. The van der Waals surface area contributed by atoms with Gasteiger partial charge in [0.2, 0.25) is 0 Å². The maximum absolute atomic E-state index is 12.4. The van der Waals surface area contributed by atoms with Gasteiger partial charge in [-0.15, -0.1) is 10.2 Å². The summed E-state index contributed by atoms with van der Waals surface area (Å²) in [7, 11) is 3.08. The van der Waals surface area contributed by atoms with Crippen molar-refractivity contribution in [2.75, 3.05) is 24.9 Å². The number of carbonyl (C=O) groups excluding carboxylic acids is 1. The number of hydrogen-bond donors (Lipinski definition) is 2. The molecule has 3 aromatic rings. The summed E-state index contributed by atoms with van der Waals surface area (Å²) in [5.41, 5.74) is 2.47. The van der Waals surface area contributed by atoms with Crippen LogP contribution in [0.25, 0.3) is 0 Å². The van der Waals surface area contributed by atoms with Crippen molar-refractivity contribution < 1.29 is 14.3 Å². The molecule has 1 amide bonds. The Morgan fingerprint density at radius 2 is 1.79 bits per heavy atom. The fourth-order valence-corrected chi connectivity index (χ4v) is 2.68. The maximum atomic E-state index is 12.4. The molecule has 144 valence electrons. The molecule has 28 heavy (non-hydrogen) atoms. The molecule has 2 N–H and O–H groups in total. The number of rotatable bonds is 6. The van der Waals surface area contributed by atoms with Crippen molar-refractivity contribution in [3.8, 4) is 11.5 Å². The van der Waals surface area contributed by atoms with E-state index in [2.05, 4.69) is 20.8 Å². The predicted molar refractivity (Wildman–Crippen MR) is 109 cm³/mol. The number of nitrogens with zero attached hydrogens (tertiary/aromatic N) is 2. The molecule has 0 saturated heterocycles. The number of carbonyl (C=O) groups is 1. The van der Waals surface area contributed by atoms with Gasteiger partial charge in [-0.1, -0.05) is 17.7 Å². The molecule has 0 unspecified atom stereocenters. The van der Waals surface area contributed by atoms with Gasteiger partial charge >= 0.3 is 0 Å². The minimum Gasteiger partial charge on any atom is -0.493 e. The van der Waals surface area contributed by atoms with Crippen LogP contribution in [0.3, 0.4) is 0 Å². The monoisotopic (exact) mass is 398 g/mol. The lowest BCUT2D eigenvalue weighted by Crippen LogP contribution is -2.14. The second-order valence-corrected chi connectivity index (χ2v) is 6.27. The average molecular weight is 399 g/mol. The predicted octanol–water partition coefficient (Wildman–Crippen LogP) is 4.45. The summed E-state index contributed by atoms with van der Waals surface area (Å²) in [5.74, 6) is 1.22. The molecule has 0 spiro atoms. The smallest absolute Gasteiger partial charge is 0.276 e. The Hall–Kier alpha value is -3.32. The van der Waals surface area contributed by atoms with Crippen LogP contribution >= 0.6 is 11.6 Å². The Morgan fingerprint density at radius 3 is 2.46 bits per heavy atom. The van der Waals surface area contributed by atoms with Crippen molar-refractivity contribution in [1.82, 2.24) is 10.2 Å². The molecule has 0 radical (unpaired) electrons. The van der Waals surface area contributed by atoms with E-state index in [1.54, 1.807) is 37.4 Å². The van der Waals surface area contributed by atoms with Crippen molar-refractivity contribution in [1.29, 1.82) is 0 Å². The zero-order valence-corrected chi connectivity index (χ0v) is 16.4. The van der Waals surface area contributed by atoms with E-state index < -0.39 is 0 Å². The first kappa shape index (κ1) is 19.4. The van der Waals surface area contributed by atoms with Crippen molar-refractivity contribution in [2.24, 2.45) is 0 Å². The van der Waals surface area contributed by atoms with Gasteiger partial charge in [-0.2, -0.15) is 0 Å². The number of nitrogens with one attached hydrogen (secondary N) is 2. The lowest BCUT2D eigenvalue weighted by Gasteiger charge is -2.11. The van der Waals surface area contributed by atoms with Crippen LogP contribution in [0.4, 0.5) is 17.2 Å². The van der Waals surface area contributed by atoms with Crippen molar-refractivity contribution in [3.63, 3.8) is 0 Å². The molecule has 0 aliphatic rings. The van der Waals surface area contributed by atoms with E-state index in [0.717, 1.165) is 11.3 Å². The summed E-state index contributed by atoms with van der Waals surface area (Å²) in [6.45, 7) is 1.91. The van der Waals surface area contributed by atoms with E-state index in [-0.39, 0.29) is 11.6 Å². The zero-order chi connectivity index (χ0) is 20.1. The minimum absolute atomic E-state index is 0.183. The molecule has 8 heteroatoms. The van der Waals surface area contributed by atoms with Gasteiger partial charge in [0, 0.05) is 22.5 Å². The molecule has 0 fully saturated rings. The highest BCUT2D eigenvalue weighted by Gasteiger charge is 2.12.